The third-order valence-corrected chi connectivity index (χ3v) is 12.7. The molecule has 7 rings (SSSR count). The number of aryl methyl sites for hydroxylation is 2. The Morgan fingerprint density at radius 1 is 0.918 bits per heavy atom. The van der Waals surface area contributed by atoms with Gasteiger partial charge in [-0.2, -0.15) is 0 Å². The van der Waals surface area contributed by atoms with Crippen LogP contribution in [0.3, 0.4) is 0 Å². The van der Waals surface area contributed by atoms with E-state index in [9.17, 15) is 20.1 Å². The zero-order chi connectivity index (χ0) is 42.8. The minimum absolute atomic E-state index is 0.0261. The minimum Gasteiger partial charge on any atom is -0.875 e. The van der Waals surface area contributed by atoms with Gasteiger partial charge in [-0.1, -0.05) is 98.3 Å². The van der Waals surface area contributed by atoms with E-state index >= 15 is 0 Å². The Morgan fingerprint density at radius 3 is 2.48 bits per heavy atom. The summed E-state index contributed by atoms with van der Waals surface area (Å²) in [6, 6.07) is 26.9. The molecule has 8 nitrogen and oxygen atoms in total. The lowest BCUT2D eigenvalue weighted by atomic mass is 9.78. The fourth-order valence-electron chi connectivity index (χ4n) is 8.94. The molecule has 6 N–H and O–H groups in total. The van der Waals surface area contributed by atoms with Crippen molar-refractivity contribution in [3.8, 4) is 29.1 Å². The van der Waals surface area contributed by atoms with Crippen molar-refractivity contribution in [3.63, 3.8) is 0 Å². The highest BCUT2D eigenvalue weighted by atomic mass is 16.5. The largest absolute Gasteiger partial charge is 0.875 e. The summed E-state index contributed by atoms with van der Waals surface area (Å²) in [5.41, 5.74) is 19.3. The van der Waals surface area contributed by atoms with Gasteiger partial charge in [0.2, 0.25) is 0 Å². The molecule has 0 bridgehead atoms. The van der Waals surface area contributed by atoms with Gasteiger partial charge in [0.25, 0.3) is 0 Å². The molecule has 2 unspecified atom stereocenters. The Balaban J connectivity index is 0.971. The quantitative estimate of drug-likeness (QED) is 0.0471. The third-order valence-electron chi connectivity index (χ3n) is 12.7. The van der Waals surface area contributed by atoms with Crippen molar-refractivity contribution in [2.45, 2.75) is 102 Å². The second-order valence-electron chi connectivity index (χ2n) is 17.2. The molecule has 8 heteroatoms. The molecule has 1 heterocycles. The third kappa shape index (κ3) is 11.3. The van der Waals surface area contributed by atoms with Gasteiger partial charge in [0.1, 0.15) is 5.75 Å². The Morgan fingerprint density at radius 2 is 1.69 bits per heavy atom. The summed E-state index contributed by atoms with van der Waals surface area (Å²) < 4.78 is 6.11. The Labute approximate surface area is 360 Å². The van der Waals surface area contributed by atoms with Crippen molar-refractivity contribution in [1.29, 1.82) is 0 Å². The van der Waals surface area contributed by atoms with Crippen LogP contribution in [0.1, 0.15) is 122 Å². The van der Waals surface area contributed by atoms with Crippen LogP contribution in [0.15, 0.2) is 126 Å². The van der Waals surface area contributed by atoms with Crippen LogP contribution in [0, 0.1) is 23.2 Å². The average molecular weight is 817 g/mol. The Bertz CT molecular complexity index is 2380. The smallest absolute Gasteiger partial charge is 0.161 e. The molecule has 2 aliphatic carbocycles. The monoisotopic (exact) mass is 816 g/mol. The van der Waals surface area contributed by atoms with Gasteiger partial charge in [-0.05, 0) is 133 Å². The molecule has 0 radical (unpaired) electrons. The number of aromatic hydroxyl groups is 2. The van der Waals surface area contributed by atoms with Gasteiger partial charge in [0.15, 0.2) is 17.3 Å². The first kappa shape index (κ1) is 43.2. The van der Waals surface area contributed by atoms with Gasteiger partial charge in [0, 0.05) is 36.1 Å². The van der Waals surface area contributed by atoms with Crippen molar-refractivity contribution in [2.24, 2.45) is 27.8 Å². The van der Waals surface area contributed by atoms with Gasteiger partial charge in [-0.15, -0.1) is 5.76 Å². The molecule has 1 fully saturated rings. The molecule has 0 amide bonds. The van der Waals surface area contributed by atoms with E-state index in [1.165, 1.54) is 31.2 Å². The summed E-state index contributed by atoms with van der Waals surface area (Å²) in [6.07, 6.45) is 17.8. The second kappa shape index (κ2) is 20.1. The number of hydrogen-bond acceptors (Lipinski definition) is 8. The minimum atomic E-state index is -0.693. The zero-order valence-electron chi connectivity index (χ0n) is 35.2. The van der Waals surface area contributed by atoms with Crippen molar-refractivity contribution < 1.29 is 24.9 Å². The molecular weight excluding hydrogens is 759 g/mol. The molecule has 4 aromatic carbocycles. The van der Waals surface area contributed by atoms with E-state index in [0.717, 1.165) is 42.4 Å². The first-order chi connectivity index (χ1) is 29.6. The average Bonchev–Trinajstić information content (AvgIpc) is 3.95. The van der Waals surface area contributed by atoms with Crippen LogP contribution in [0.2, 0.25) is 0 Å². The predicted octanol–water partition coefficient (Wildman–Crippen LogP) is 9.16. The first-order valence-corrected chi connectivity index (χ1v) is 21.9. The van der Waals surface area contributed by atoms with E-state index in [1.54, 1.807) is 24.4 Å². The maximum Gasteiger partial charge on any atom is 0.161 e. The highest BCUT2D eigenvalue weighted by Crippen LogP contribution is 2.44. The van der Waals surface area contributed by atoms with Gasteiger partial charge in [0.05, 0.1) is 24.9 Å². The van der Waals surface area contributed by atoms with Crippen LogP contribution in [0.25, 0.3) is 0 Å². The summed E-state index contributed by atoms with van der Waals surface area (Å²) in [4.78, 5) is 17.6. The number of benzene rings is 4. The van der Waals surface area contributed by atoms with Crippen LogP contribution in [-0.4, -0.2) is 28.3 Å². The van der Waals surface area contributed by atoms with E-state index in [1.807, 2.05) is 48.5 Å². The summed E-state index contributed by atoms with van der Waals surface area (Å²) in [5.74, 6) is 7.03. The predicted molar refractivity (Wildman–Crippen MR) is 241 cm³/mol. The normalized spacial score (nSPS) is 17.4. The van der Waals surface area contributed by atoms with E-state index in [4.69, 9.17) is 16.2 Å². The number of nitrogens with two attached hydrogens (primary N) is 2. The molecule has 1 aliphatic heterocycles. The van der Waals surface area contributed by atoms with E-state index in [2.05, 4.69) is 60.2 Å². The van der Waals surface area contributed by atoms with E-state index in [-0.39, 0.29) is 41.5 Å². The Hall–Kier alpha value is -5.88. The van der Waals surface area contributed by atoms with Crippen molar-refractivity contribution in [1.82, 2.24) is 0 Å². The van der Waals surface area contributed by atoms with Crippen LogP contribution >= 0.6 is 0 Å². The molecule has 0 saturated heterocycles. The molecule has 4 aromatic rings. The molecule has 2 atom stereocenters. The summed E-state index contributed by atoms with van der Waals surface area (Å²) in [7, 11) is 0. The van der Waals surface area contributed by atoms with Gasteiger partial charge < -0.3 is 31.5 Å². The van der Waals surface area contributed by atoms with Crippen molar-refractivity contribution >= 4 is 11.5 Å². The number of phenolic OH excluding ortho intramolecular Hbond substituents is 2. The zero-order valence-corrected chi connectivity index (χ0v) is 35.2. The number of rotatable bonds is 17. The summed E-state index contributed by atoms with van der Waals surface area (Å²) in [5, 5.41) is 35.7. The molecular formula is C53H58N3O5-. The number of hydrogen-bond donors (Lipinski definition) is 4. The topological polar surface area (TPSA) is 154 Å². The molecule has 316 valence electrons. The molecule has 61 heavy (non-hydrogen) atoms. The lowest BCUT2D eigenvalue weighted by Gasteiger charge is -2.27. The number of phenols is 2. The van der Waals surface area contributed by atoms with Gasteiger partial charge >= 0.3 is 0 Å². The maximum absolute atomic E-state index is 13.7. The van der Waals surface area contributed by atoms with Crippen molar-refractivity contribution in [2.75, 3.05) is 6.61 Å². The van der Waals surface area contributed by atoms with Crippen LogP contribution < -0.4 is 21.3 Å². The molecule has 3 aliphatic rings. The van der Waals surface area contributed by atoms with Gasteiger partial charge in [-0.3, -0.25) is 9.79 Å². The second-order valence-corrected chi connectivity index (χ2v) is 17.2. The molecule has 0 aromatic heterocycles. The van der Waals surface area contributed by atoms with E-state index in [0.29, 0.717) is 65.3 Å². The number of carbonyl (C=O) groups is 1. The highest BCUT2D eigenvalue weighted by Gasteiger charge is 2.31. The van der Waals surface area contributed by atoms with Crippen LogP contribution in [-0.2, 0) is 24.1 Å². The number of ketones is 1. The Kier molecular flexibility index (Phi) is 14.3. The van der Waals surface area contributed by atoms with Crippen LogP contribution in [0.5, 0.6) is 17.2 Å². The van der Waals surface area contributed by atoms with E-state index < -0.39 is 12.1 Å². The van der Waals surface area contributed by atoms with Crippen molar-refractivity contribution in [3.05, 3.63) is 160 Å². The number of allylic oxidation sites excluding steroid dienone is 5. The van der Waals surface area contributed by atoms with Gasteiger partial charge in [-0.25, -0.2) is 0 Å². The van der Waals surface area contributed by atoms with Crippen LogP contribution in [0.4, 0.5) is 0 Å². The molecule has 0 spiro atoms. The lowest BCUT2D eigenvalue weighted by Crippen LogP contribution is -2.21. The number of fused-ring (bicyclic) bond motifs is 2. The fourth-order valence-corrected chi connectivity index (χ4v) is 8.94. The number of carbonyl (C=O) groups excluding carboxylic acids is 1. The highest BCUT2D eigenvalue weighted by molar-refractivity contribution is 6.06. The number of aliphatic imine (C=N–C) groups is 1. The molecule has 1 saturated carbocycles. The number of ether oxygens (including phenoxy) is 1. The first-order valence-electron chi connectivity index (χ1n) is 21.9. The number of nitrogens with zero attached hydrogens (tertiary/aromatic N) is 1. The SMILES string of the molecule is CC(CCc1ccccc1)CCC1(C=CC(=O)CCc2ccc(O)c(OCCc3ccc(O)c(C4CC([O-])=C5C=CN=C5CC#Cc5cc(C(N)N)ccc54)c3)c2)CCCC1. The fraction of sp³-hybridized carbons (Fsp3) is 0.358. The standard InChI is InChI=1S/C53H59N3O5/c1-36(12-13-37-8-3-2-4-9-37)22-28-53(26-5-6-27-53)29-23-42(57)18-14-38-16-21-49(59)51(33-38)61-31-25-39-15-20-48(58)46(32-39)45-35-50(60)44-24-30-56-47(44)11-7-10-40-34-41(52(54)55)17-19-43(40)45/h2-4,8-9,15-17,19-21,23-24,29-30,32-34,36,45,52,58-60H,5-6,11-14,18,22,25-28,31,35,54-55H2,1H3/p-1. The summed E-state index contributed by atoms with van der Waals surface area (Å²) in [6.45, 7) is 2.61. The maximum atomic E-state index is 13.7. The summed E-state index contributed by atoms with van der Waals surface area (Å²) >= 11 is 0. The lowest BCUT2D eigenvalue weighted by molar-refractivity contribution is -0.307.